The van der Waals surface area contributed by atoms with E-state index in [1.165, 1.54) is 11.1 Å². The molecule has 0 aliphatic rings. The Kier molecular flexibility index (Phi) is 9.29. The highest BCUT2D eigenvalue weighted by Crippen LogP contribution is 2.02. The van der Waals surface area contributed by atoms with Gasteiger partial charge in [-0.25, -0.2) is 0 Å². The van der Waals surface area contributed by atoms with E-state index >= 15 is 0 Å². The number of ether oxygens (including phenoxy) is 1. The smallest absolute Gasteiger partial charge is 0.190 e. The van der Waals surface area contributed by atoms with E-state index in [2.05, 4.69) is 46.8 Å². The van der Waals surface area contributed by atoms with Crippen molar-refractivity contribution in [3.8, 4) is 0 Å². The molecule has 0 fully saturated rings. The van der Waals surface area contributed by atoms with Crippen molar-refractivity contribution in [2.45, 2.75) is 33.1 Å². The summed E-state index contributed by atoms with van der Waals surface area (Å²) < 4.78 is 5.32. The first-order valence-corrected chi connectivity index (χ1v) is 7.84. The average Bonchev–Trinajstić information content (AvgIpc) is 2.50. The highest BCUT2D eigenvalue weighted by Gasteiger charge is 1.98. The molecule has 4 heteroatoms. The van der Waals surface area contributed by atoms with Crippen LogP contribution in [0, 0.1) is 6.92 Å². The van der Waals surface area contributed by atoms with Gasteiger partial charge in [-0.3, -0.25) is 4.99 Å². The monoisotopic (exact) mass is 291 g/mol. The van der Waals surface area contributed by atoms with Gasteiger partial charge in [0.05, 0.1) is 0 Å². The van der Waals surface area contributed by atoms with Crippen LogP contribution in [0.1, 0.15) is 30.9 Å². The van der Waals surface area contributed by atoms with Crippen LogP contribution in [0.25, 0.3) is 0 Å². The van der Waals surface area contributed by atoms with Gasteiger partial charge in [-0.2, -0.15) is 0 Å². The minimum atomic E-state index is 0.801. The Morgan fingerprint density at radius 3 is 2.48 bits per heavy atom. The zero-order valence-corrected chi connectivity index (χ0v) is 13.6. The maximum absolute atomic E-state index is 5.32. The van der Waals surface area contributed by atoms with Crippen LogP contribution in [0.2, 0.25) is 0 Å². The minimum absolute atomic E-state index is 0.801. The molecule has 21 heavy (non-hydrogen) atoms. The third kappa shape index (κ3) is 8.35. The normalized spacial score (nSPS) is 11.5. The number of nitrogens with zero attached hydrogens (tertiary/aromatic N) is 1. The fourth-order valence-corrected chi connectivity index (χ4v) is 1.98. The Bertz CT molecular complexity index is 401. The number of rotatable bonds is 9. The highest BCUT2D eigenvalue weighted by atomic mass is 16.5. The first kappa shape index (κ1) is 17.5. The SMILES string of the molecule is CCOCCCCNC(=NC)NCCc1ccc(C)cc1. The summed E-state index contributed by atoms with van der Waals surface area (Å²) in [4.78, 5) is 4.23. The number of aryl methyl sites for hydroxylation is 1. The van der Waals surface area contributed by atoms with E-state index in [0.717, 1.165) is 51.5 Å². The van der Waals surface area contributed by atoms with E-state index < -0.39 is 0 Å². The van der Waals surface area contributed by atoms with Crippen molar-refractivity contribution in [1.29, 1.82) is 0 Å². The molecular formula is C17H29N3O. The average molecular weight is 291 g/mol. The lowest BCUT2D eigenvalue weighted by Gasteiger charge is -2.12. The molecule has 0 heterocycles. The van der Waals surface area contributed by atoms with Crippen LogP contribution in [0.5, 0.6) is 0 Å². The molecule has 1 aromatic rings. The van der Waals surface area contributed by atoms with Gasteiger partial charge in [-0.05, 0) is 38.7 Å². The molecule has 1 aromatic carbocycles. The zero-order valence-electron chi connectivity index (χ0n) is 13.6. The number of aliphatic imine (C=N–C) groups is 1. The highest BCUT2D eigenvalue weighted by molar-refractivity contribution is 5.79. The van der Waals surface area contributed by atoms with Crippen LogP contribution >= 0.6 is 0 Å². The number of unbranched alkanes of at least 4 members (excludes halogenated alkanes) is 1. The third-order valence-electron chi connectivity index (χ3n) is 3.26. The summed E-state index contributed by atoms with van der Waals surface area (Å²) in [5.74, 6) is 0.874. The number of hydrogen-bond acceptors (Lipinski definition) is 2. The van der Waals surface area contributed by atoms with Gasteiger partial charge in [0, 0.05) is 33.4 Å². The molecule has 0 radical (unpaired) electrons. The molecule has 4 nitrogen and oxygen atoms in total. The first-order valence-electron chi connectivity index (χ1n) is 7.84. The van der Waals surface area contributed by atoms with Crippen molar-refractivity contribution in [2.75, 3.05) is 33.4 Å². The summed E-state index contributed by atoms with van der Waals surface area (Å²) in [6, 6.07) is 8.67. The predicted molar refractivity (Wildman–Crippen MR) is 90.0 cm³/mol. The standard InChI is InChI=1S/C17H29N3O/c1-4-21-14-6-5-12-19-17(18-3)20-13-11-16-9-7-15(2)8-10-16/h7-10H,4-6,11-14H2,1-3H3,(H2,18,19,20). The summed E-state index contributed by atoms with van der Waals surface area (Å²) >= 11 is 0. The minimum Gasteiger partial charge on any atom is -0.382 e. The van der Waals surface area contributed by atoms with Crippen LogP contribution in [0.15, 0.2) is 29.3 Å². The molecule has 0 spiro atoms. The third-order valence-corrected chi connectivity index (χ3v) is 3.26. The number of nitrogens with one attached hydrogen (secondary N) is 2. The van der Waals surface area contributed by atoms with E-state index in [-0.39, 0.29) is 0 Å². The van der Waals surface area contributed by atoms with Crippen LogP contribution in [0.3, 0.4) is 0 Å². The summed E-state index contributed by atoms with van der Waals surface area (Å²) in [5, 5.41) is 6.67. The predicted octanol–water partition coefficient (Wildman–Crippen LogP) is 2.52. The van der Waals surface area contributed by atoms with E-state index in [1.54, 1.807) is 7.05 Å². The molecule has 0 aliphatic heterocycles. The van der Waals surface area contributed by atoms with Crippen LogP contribution in [-0.2, 0) is 11.2 Å². The molecule has 1 rings (SSSR count). The fourth-order valence-electron chi connectivity index (χ4n) is 1.98. The summed E-state index contributed by atoms with van der Waals surface area (Å²) in [6.45, 7) is 7.60. The molecule has 0 aromatic heterocycles. The van der Waals surface area contributed by atoms with Crippen molar-refractivity contribution < 1.29 is 4.74 Å². The van der Waals surface area contributed by atoms with Crippen molar-refractivity contribution in [3.63, 3.8) is 0 Å². The molecule has 0 bridgehead atoms. The zero-order chi connectivity index (χ0) is 15.3. The van der Waals surface area contributed by atoms with Crippen LogP contribution in [-0.4, -0.2) is 39.3 Å². The molecule has 118 valence electrons. The quantitative estimate of drug-likeness (QED) is 0.417. The summed E-state index contributed by atoms with van der Waals surface area (Å²) in [6.07, 6.45) is 3.19. The van der Waals surface area contributed by atoms with E-state index in [4.69, 9.17) is 4.74 Å². The van der Waals surface area contributed by atoms with Crippen molar-refractivity contribution in [3.05, 3.63) is 35.4 Å². The van der Waals surface area contributed by atoms with Crippen LogP contribution < -0.4 is 10.6 Å². The molecule has 0 aliphatic carbocycles. The van der Waals surface area contributed by atoms with Gasteiger partial charge in [-0.15, -0.1) is 0 Å². The lowest BCUT2D eigenvalue weighted by Crippen LogP contribution is -2.38. The van der Waals surface area contributed by atoms with Crippen molar-refractivity contribution in [1.82, 2.24) is 10.6 Å². The van der Waals surface area contributed by atoms with Crippen molar-refractivity contribution >= 4 is 5.96 Å². The molecule has 0 amide bonds. The van der Waals surface area contributed by atoms with E-state index in [0.29, 0.717) is 0 Å². The number of hydrogen-bond donors (Lipinski definition) is 2. The van der Waals surface area contributed by atoms with Gasteiger partial charge in [-0.1, -0.05) is 29.8 Å². The molecular weight excluding hydrogens is 262 g/mol. The lowest BCUT2D eigenvalue weighted by atomic mass is 10.1. The maximum atomic E-state index is 5.32. The van der Waals surface area contributed by atoms with E-state index in [9.17, 15) is 0 Å². The molecule has 2 N–H and O–H groups in total. The first-order chi connectivity index (χ1) is 10.3. The van der Waals surface area contributed by atoms with Crippen LogP contribution in [0.4, 0.5) is 0 Å². The topological polar surface area (TPSA) is 45.6 Å². The second-order valence-corrected chi connectivity index (χ2v) is 5.07. The second-order valence-electron chi connectivity index (χ2n) is 5.07. The molecule has 0 saturated carbocycles. The number of benzene rings is 1. The lowest BCUT2D eigenvalue weighted by molar-refractivity contribution is 0.143. The summed E-state index contributed by atoms with van der Waals surface area (Å²) in [5.41, 5.74) is 2.65. The Morgan fingerprint density at radius 1 is 1.10 bits per heavy atom. The van der Waals surface area contributed by atoms with Gasteiger partial charge in [0.25, 0.3) is 0 Å². The summed E-state index contributed by atoms with van der Waals surface area (Å²) in [7, 11) is 1.81. The number of guanidine groups is 1. The largest absolute Gasteiger partial charge is 0.382 e. The fraction of sp³-hybridized carbons (Fsp3) is 0.588. The van der Waals surface area contributed by atoms with Gasteiger partial charge >= 0.3 is 0 Å². The Balaban J connectivity index is 2.12. The molecule has 0 atom stereocenters. The van der Waals surface area contributed by atoms with Gasteiger partial charge in [0.2, 0.25) is 0 Å². The Labute approximate surface area is 129 Å². The van der Waals surface area contributed by atoms with Crippen molar-refractivity contribution in [2.24, 2.45) is 4.99 Å². The van der Waals surface area contributed by atoms with Gasteiger partial charge in [0.1, 0.15) is 0 Å². The molecule has 0 unspecified atom stereocenters. The maximum Gasteiger partial charge on any atom is 0.190 e. The molecule has 0 saturated heterocycles. The van der Waals surface area contributed by atoms with Gasteiger partial charge in [0.15, 0.2) is 5.96 Å². The van der Waals surface area contributed by atoms with E-state index in [1.807, 2.05) is 6.92 Å². The Morgan fingerprint density at radius 2 is 1.81 bits per heavy atom. The van der Waals surface area contributed by atoms with Gasteiger partial charge < -0.3 is 15.4 Å². The Hall–Kier alpha value is -1.55. The second kappa shape index (κ2) is 11.1.